The largest absolute Gasteiger partial charge is 0.432 e. The van der Waals surface area contributed by atoms with Crippen LogP contribution in [0.5, 0.6) is 5.75 Å². The molecule has 0 radical (unpaired) electrons. The van der Waals surface area contributed by atoms with Crippen LogP contribution >= 0.6 is 0 Å². The topological polar surface area (TPSA) is 9.23 Å². The molecule has 0 aliphatic heterocycles. The SMILES string of the molecule is CC#CC#CC(C)c1ccc(-c2cc(F)c(-c3cc(F)c(C(F)(F)Oc4ccc(-c5cc(F)c(F)c(F)c5)c(F)c4)c(F)c3)c(F)c2)c(F)c1. The molecule has 0 saturated carbocycles. The molecule has 0 spiro atoms. The Morgan fingerprint density at radius 2 is 1.06 bits per heavy atom. The van der Waals surface area contributed by atoms with E-state index in [9.17, 15) is 22.0 Å². The smallest absolute Gasteiger partial charge is 0.429 e. The Morgan fingerprint density at radius 1 is 0.560 bits per heavy atom. The number of alkyl halides is 2. The fraction of sp³-hybridized carbons (Fsp3) is 0.105. The van der Waals surface area contributed by atoms with Crippen LogP contribution < -0.4 is 4.74 Å². The van der Waals surface area contributed by atoms with Crippen LogP contribution in [-0.4, -0.2) is 0 Å². The number of halogens is 11. The van der Waals surface area contributed by atoms with Gasteiger partial charge in [-0.15, -0.1) is 0 Å². The fourth-order valence-corrected chi connectivity index (χ4v) is 5.03. The van der Waals surface area contributed by atoms with Gasteiger partial charge in [0.1, 0.15) is 46.2 Å². The van der Waals surface area contributed by atoms with Crippen molar-refractivity contribution in [3.63, 3.8) is 0 Å². The lowest BCUT2D eigenvalue weighted by molar-refractivity contribution is -0.189. The van der Waals surface area contributed by atoms with Gasteiger partial charge >= 0.3 is 6.11 Å². The Bertz CT molecular complexity index is 2200. The molecule has 0 N–H and O–H groups in total. The zero-order valence-electron chi connectivity index (χ0n) is 25.6. The van der Waals surface area contributed by atoms with E-state index in [1.807, 2.05) is 0 Å². The predicted octanol–water partition coefficient (Wildman–Crippen LogP) is 11.2. The lowest BCUT2D eigenvalue weighted by atomic mass is 9.95. The molecule has 0 heterocycles. The minimum Gasteiger partial charge on any atom is -0.429 e. The highest BCUT2D eigenvalue weighted by Gasteiger charge is 2.41. The van der Waals surface area contributed by atoms with Gasteiger partial charge in [-0.3, -0.25) is 0 Å². The number of hydrogen-bond donors (Lipinski definition) is 0. The summed E-state index contributed by atoms with van der Waals surface area (Å²) in [5.41, 5.74) is -4.88. The Kier molecular flexibility index (Phi) is 9.96. The van der Waals surface area contributed by atoms with Crippen molar-refractivity contribution in [1.29, 1.82) is 0 Å². The van der Waals surface area contributed by atoms with Crippen LogP contribution in [-0.2, 0) is 6.11 Å². The average Bonchev–Trinajstić information content (AvgIpc) is 3.02. The number of ether oxygens (including phenoxy) is 1. The summed E-state index contributed by atoms with van der Waals surface area (Å²) >= 11 is 0. The number of rotatable bonds is 7. The van der Waals surface area contributed by atoms with Crippen molar-refractivity contribution in [2.24, 2.45) is 0 Å². The van der Waals surface area contributed by atoms with Crippen molar-refractivity contribution in [2.75, 3.05) is 0 Å². The highest BCUT2D eigenvalue weighted by Crippen LogP contribution is 2.40. The summed E-state index contributed by atoms with van der Waals surface area (Å²) in [5.74, 6) is -4.96. The van der Waals surface area contributed by atoms with Gasteiger partial charge in [-0.1, -0.05) is 24.0 Å². The van der Waals surface area contributed by atoms with Crippen LogP contribution in [0.15, 0.2) is 72.8 Å². The van der Waals surface area contributed by atoms with E-state index in [-0.39, 0.29) is 23.3 Å². The molecule has 50 heavy (non-hydrogen) atoms. The first-order valence-corrected chi connectivity index (χ1v) is 14.3. The van der Waals surface area contributed by atoms with E-state index in [0.717, 1.165) is 12.1 Å². The van der Waals surface area contributed by atoms with Gasteiger partial charge in [-0.05, 0) is 103 Å². The molecule has 5 rings (SSSR count). The van der Waals surface area contributed by atoms with Gasteiger partial charge in [0.2, 0.25) is 0 Å². The quantitative estimate of drug-likeness (QED) is 0.0933. The third kappa shape index (κ3) is 7.15. The summed E-state index contributed by atoms with van der Waals surface area (Å²) in [4.78, 5) is 0. The van der Waals surface area contributed by atoms with Gasteiger partial charge < -0.3 is 4.74 Å². The van der Waals surface area contributed by atoms with E-state index in [0.29, 0.717) is 42.0 Å². The predicted molar refractivity (Wildman–Crippen MR) is 163 cm³/mol. The van der Waals surface area contributed by atoms with Gasteiger partial charge in [0.25, 0.3) is 0 Å². The van der Waals surface area contributed by atoms with Crippen LogP contribution in [0.3, 0.4) is 0 Å². The Balaban J connectivity index is 1.42. The molecule has 0 aliphatic carbocycles. The van der Waals surface area contributed by atoms with E-state index in [4.69, 9.17) is 0 Å². The summed E-state index contributed by atoms with van der Waals surface area (Å²) in [6, 6.07) is 8.39. The molecule has 1 unspecified atom stereocenters. The molecule has 5 aromatic carbocycles. The second-order valence-electron chi connectivity index (χ2n) is 10.7. The van der Waals surface area contributed by atoms with Gasteiger partial charge in [0, 0.05) is 23.1 Å². The fourth-order valence-electron chi connectivity index (χ4n) is 5.03. The molecule has 1 atom stereocenters. The summed E-state index contributed by atoms with van der Waals surface area (Å²) in [6.45, 7) is 3.29. The van der Waals surface area contributed by atoms with Gasteiger partial charge in [-0.2, -0.15) is 8.78 Å². The molecule has 0 aliphatic rings. The third-order valence-corrected chi connectivity index (χ3v) is 7.43. The average molecular weight is 701 g/mol. The van der Waals surface area contributed by atoms with Crippen LogP contribution in [0.2, 0.25) is 0 Å². The van der Waals surface area contributed by atoms with Crippen LogP contribution in [0.25, 0.3) is 33.4 Å². The van der Waals surface area contributed by atoms with E-state index in [2.05, 4.69) is 28.4 Å². The molecular formula is C38H19F11O. The van der Waals surface area contributed by atoms with Crippen molar-refractivity contribution < 1.29 is 53.0 Å². The lowest BCUT2D eigenvalue weighted by Crippen LogP contribution is -2.25. The Labute approximate surface area is 278 Å². The molecule has 0 bridgehead atoms. The minimum absolute atomic E-state index is 0.211. The van der Waals surface area contributed by atoms with E-state index < -0.39 is 97.9 Å². The van der Waals surface area contributed by atoms with E-state index in [1.54, 1.807) is 13.8 Å². The maximum Gasteiger partial charge on any atom is 0.432 e. The summed E-state index contributed by atoms with van der Waals surface area (Å²) < 4.78 is 165. The molecular weight excluding hydrogens is 681 g/mol. The Hall–Kier alpha value is -5.75. The zero-order valence-corrected chi connectivity index (χ0v) is 25.6. The molecule has 254 valence electrons. The molecule has 5 aromatic rings. The molecule has 0 saturated heterocycles. The standard InChI is InChI=1S/C38H19F11O/c1-3-4-5-6-19(2)20-7-9-25(27(39)11-20)21-12-29(41)35(30(42)13-21)23-16-31(43)36(32(44)17-23)38(48,49)50-24-8-10-26(28(40)18-24)22-14-33(45)37(47)34(46)15-22/h7-19H,1-2H3. The second kappa shape index (κ2) is 14.0. The van der Waals surface area contributed by atoms with Gasteiger partial charge in [0.15, 0.2) is 17.5 Å². The van der Waals surface area contributed by atoms with Crippen LogP contribution in [0.1, 0.15) is 30.9 Å². The highest BCUT2D eigenvalue weighted by molar-refractivity contribution is 5.73. The van der Waals surface area contributed by atoms with Crippen LogP contribution in [0, 0.1) is 76.0 Å². The van der Waals surface area contributed by atoms with Gasteiger partial charge in [-0.25, -0.2) is 39.5 Å². The van der Waals surface area contributed by atoms with E-state index >= 15 is 26.3 Å². The normalized spacial score (nSPS) is 11.7. The van der Waals surface area contributed by atoms with Crippen molar-refractivity contribution in [3.05, 3.63) is 136 Å². The molecule has 12 heteroatoms. The molecule has 0 amide bonds. The van der Waals surface area contributed by atoms with E-state index in [1.165, 1.54) is 12.1 Å². The maximum atomic E-state index is 15.2. The first kappa shape index (κ1) is 35.6. The van der Waals surface area contributed by atoms with Gasteiger partial charge in [0.05, 0.1) is 5.56 Å². The first-order valence-electron chi connectivity index (χ1n) is 14.3. The molecule has 1 nitrogen and oxygen atoms in total. The summed E-state index contributed by atoms with van der Waals surface area (Å²) in [7, 11) is 0. The van der Waals surface area contributed by atoms with Crippen molar-refractivity contribution >= 4 is 0 Å². The zero-order chi connectivity index (χ0) is 36.5. The minimum atomic E-state index is -4.83. The van der Waals surface area contributed by atoms with Crippen LogP contribution in [0.4, 0.5) is 48.3 Å². The number of hydrogen-bond acceptors (Lipinski definition) is 1. The van der Waals surface area contributed by atoms with Crippen molar-refractivity contribution in [1.82, 2.24) is 0 Å². The third-order valence-electron chi connectivity index (χ3n) is 7.43. The van der Waals surface area contributed by atoms with Crippen molar-refractivity contribution in [3.8, 4) is 62.8 Å². The lowest BCUT2D eigenvalue weighted by Gasteiger charge is -2.20. The highest BCUT2D eigenvalue weighted by atomic mass is 19.3. The molecule has 0 fully saturated rings. The number of benzene rings is 5. The molecule has 0 aromatic heterocycles. The first-order chi connectivity index (χ1) is 23.6. The second-order valence-corrected chi connectivity index (χ2v) is 10.7. The monoisotopic (exact) mass is 700 g/mol. The summed E-state index contributed by atoms with van der Waals surface area (Å²) in [5, 5.41) is 0. The Morgan fingerprint density at radius 3 is 1.58 bits per heavy atom. The maximum absolute atomic E-state index is 15.2. The summed E-state index contributed by atoms with van der Waals surface area (Å²) in [6.07, 6.45) is -4.83. The van der Waals surface area contributed by atoms with Crippen molar-refractivity contribution in [2.45, 2.75) is 25.9 Å².